The summed E-state index contributed by atoms with van der Waals surface area (Å²) >= 11 is 0. The summed E-state index contributed by atoms with van der Waals surface area (Å²) in [6.45, 7) is 7.07. The fourth-order valence-corrected chi connectivity index (χ4v) is 2.29. The summed E-state index contributed by atoms with van der Waals surface area (Å²) in [5, 5.41) is 8.83. The van der Waals surface area contributed by atoms with Crippen LogP contribution in [0, 0.1) is 0 Å². The van der Waals surface area contributed by atoms with Crippen molar-refractivity contribution in [1.29, 1.82) is 0 Å². The lowest BCUT2D eigenvalue weighted by molar-refractivity contribution is 0.100. The average molecular weight is 338 g/mol. The second kappa shape index (κ2) is 7.34. The quantitative estimate of drug-likeness (QED) is 0.808. The number of phenols is 1. The van der Waals surface area contributed by atoms with Gasteiger partial charge < -0.3 is 9.84 Å². The van der Waals surface area contributed by atoms with Crippen LogP contribution in [0.15, 0.2) is 48.5 Å². The Kier molecular flexibility index (Phi) is 5.42. The number of hydrogen-bond donors (Lipinski definition) is 1. The number of rotatable bonds is 2. The van der Waals surface area contributed by atoms with Crippen molar-refractivity contribution in [3.05, 3.63) is 65.2 Å². The fourth-order valence-electron chi connectivity index (χ4n) is 2.29. The van der Waals surface area contributed by atoms with E-state index < -0.39 is 0 Å². The van der Waals surface area contributed by atoms with Crippen LogP contribution >= 0.6 is 0 Å². The molecule has 4 nitrogen and oxygen atoms in total. The molecule has 0 saturated heterocycles. The van der Waals surface area contributed by atoms with Crippen LogP contribution in [0.25, 0.3) is 6.08 Å². The van der Waals surface area contributed by atoms with E-state index in [2.05, 4.69) is 0 Å². The maximum absolute atomic E-state index is 11.2. The van der Waals surface area contributed by atoms with Crippen molar-refractivity contribution in [2.75, 3.05) is 0 Å². The van der Waals surface area contributed by atoms with Crippen LogP contribution in [0.1, 0.15) is 54.0 Å². The number of hydrogen-bond acceptors (Lipinski definition) is 4. The first-order valence-corrected chi connectivity index (χ1v) is 8.01. The largest absolute Gasteiger partial charge is 0.508 e. The molecule has 2 aromatic rings. The van der Waals surface area contributed by atoms with Gasteiger partial charge in [-0.2, -0.15) is 0 Å². The Morgan fingerprint density at radius 2 is 1.48 bits per heavy atom. The number of carbonyl (C=O) groups excluding carboxylic acids is 2. The number of fused-ring (bicyclic) bond motifs is 1. The molecule has 0 aromatic heterocycles. The first kappa shape index (κ1) is 18.5. The van der Waals surface area contributed by atoms with Crippen molar-refractivity contribution in [2.24, 2.45) is 0 Å². The van der Waals surface area contributed by atoms with Gasteiger partial charge in [0.1, 0.15) is 17.1 Å². The molecule has 3 rings (SSSR count). The van der Waals surface area contributed by atoms with Crippen molar-refractivity contribution >= 4 is 17.6 Å². The molecule has 0 radical (unpaired) electrons. The van der Waals surface area contributed by atoms with E-state index in [1.54, 1.807) is 25.1 Å². The van der Waals surface area contributed by atoms with Crippen LogP contribution in [-0.4, -0.2) is 22.3 Å². The second-order valence-corrected chi connectivity index (χ2v) is 6.45. The minimum absolute atomic E-state index is 0.0139. The second-order valence-electron chi connectivity index (χ2n) is 6.45. The van der Waals surface area contributed by atoms with Crippen LogP contribution < -0.4 is 4.74 Å². The van der Waals surface area contributed by atoms with E-state index in [0.29, 0.717) is 5.56 Å². The van der Waals surface area contributed by atoms with Crippen LogP contribution in [0.3, 0.4) is 0 Å². The molecule has 0 amide bonds. The van der Waals surface area contributed by atoms with E-state index in [-0.39, 0.29) is 22.9 Å². The molecule has 0 atom stereocenters. The highest BCUT2D eigenvalue weighted by Crippen LogP contribution is 2.31. The van der Waals surface area contributed by atoms with Gasteiger partial charge >= 0.3 is 0 Å². The van der Waals surface area contributed by atoms with Gasteiger partial charge in [0.2, 0.25) is 0 Å². The SMILES string of the molecule is CC(=O)c1ccc(O)cc1.CC(=O)c1ccc2c(c1)C=CC(C)(C)O2. The topological polar surface area (TPSA) is 63.6 Å². The molecule has 1 aliphatic rings. The molecular weight excluding hydrogens is 316 g/mol. The lowest BCUT2D eigenvalue weighted by atomic mass is 10.00. The van der Waals surface area contributed by atoms with E-state index in [9.17, 15) is 9.59 Å². The summed E-state index contributed by atoms with van der Waals surface area (Å²) in [6, 6.07) is 11.7. The molecule has 0 aliphatic carbocycles. The Morgan fingerprint density at radius 3 is 2.04 bits per heavy atom. The van der Waals surface area contributed by atoms with Gasteiger partial charge in [-0.1, -0.05) is 6.08 Å². The zero-order valence-corrected chi connectivity index (χ0v) is 14.9. The lowest BCUT2D eigenvalue weighted by Crippen LogP contribution is -2.27. The summed E-state index contributed by atoms with van der Waals surface area (Å²) in [5.74, 6) is 1.12. The Hall–Kier alpha value is -2.88. The summed E-state index contributed by atoms with van der Waals surface area (Å²) in [4.78, 5) is 21.9. The fraction of sp³-hybridized carbons (Fsp3) is 0.238. The molecule has 1 aliphatic heterocycles. The molecule has 0 fully saturated rings. The molecule has 25 heavy (non-hydrogen) atoms. The van der Waals surface area contributed by atoms with Gasteiger partial charge in [0.05, 0.1) is 0 Å². The molecular formula is C21H22O4. The highest BCUT2D eigenvalue weighted by molar-refractivity contribution is 5.95. The normalized spacial score (nSPS) is 13.8. The average Bonchev–Trinajstić information content (AvgIpc) is 2.54. The number of ketones is 2. The van der Waals surface area contributed by atoms with Crippen LogP contribution in [0.5, 0.6) is 11.5 Å². The molecule has 2 aromatic carbocycles. The lowest BCUT2D eigenvalue weighted by Gasteiger charge is -2.27. The molecule has 0 bridgehead atoms. The van der Waals surface area contributed by atoms with Gasteiger partial charge in [-0.3, -0.25) is 9.59 Å². The predicted octanol–water partition coefficient (Wildman–Crippen LogP) is 4.67. The summed E-state index contributed by atoms with van der Waals surface area (Å²) in [6.07, 6.45) is 4.00. The van der Waals surface area contributed by atoms with Crippen molar-refractivity contribution in [2.45, 2.75) is 33.3 Å². The van der Waals surface area contributed by atoms with Gasteiger partial charge in [0, 0.05) is 16.7 Å². The van der Waals surface area contributed by atoms with Crippen LogP contribution in [-0.2, 0) is 0 Å². The van der Waals surface area contributed by atoms with Gasteiger partial charge in [-0.25, -0.2) is 0 Å². The minimum Gasteiger partial charge on any atom is -0.508 e. The van der Waals surface area contributed by atoms with E-state index in [4.69, 9.17) is 9.84 Å². The standard InChI is InChI=1S/C13H14O2.C8H8O2/c1-9(14)10-4-5-12-11(8-10)6-7-13(2,3)15-12;1-6(9)7-2-4-8(10)5-3-7/h4-8H,1-3H3;2-5,10H,1H3. The van der Waals surface area contributed by atoms with Crippen molar-refractivity contribution in [3.63, 3.8) is 0 Å². The molecule has 0 saturated carbocycles. The Labute approximate surface area is 147 Å². The number of Topliss-reactive ketones (excluding diaryl/α,β-unsaturated/α-hetero) is 2. The van der Waals surface area contributed by atoms with E-state index in [1.165, 1.54) is 19.1 Å². The Morgan fingerprint density at radius 1 is 0.920 bits per heavy atom. The monoisotopic (exact) mass is 338 g/mol. The number of ether oxygens (including phenoxy) is 1. The Bertz CT molecular complexity index is 814. The molecule has 4 heteroatoms. The zero-order valence-electron chi connectivity index (χ0n) is 14.9. The third kappa shape index (κ3) is 5.05. The molecule has 130 valence electrons. The Balaban J connectivity index is 0.000000196. The van der Waals surface area contributed by atoms with E-state index in [0.717, 1.165) is 16.9 Å². The highest BCUT2D eigenvalue weighted by atomic mass is 16.5. The number of aromatic hydroxyl groups is 1. The number of carbonyl (C=O) groups is 2. The predicted molar refractivity (Wildman–Crippen MR) is 98.3 cm³/mol. The first-order valence-electron chi connectivity index (χ1n) is 8.01. The maximum Gasteiger partial charge on any atom is 0.159 e. The third-order valence-electron chi connectivity index (χ3n) is 3.73. The van der Waals surface area contributed by atoms with E-state index >= 15 is 0 Å². The molecule has 0 unspecified atom stereocenters. The summed E-state index contributed by atoms with van der Waals surface area (Å²) in [7, 11) is 0. The summed E-state index contributed by atoms with van der Waals surface area (Å²) in [5.41, 5.74) is 2.06. The number of benzene rings is 2. The van der Waals surface area contributed by atoms with Gasteiger partial charge in [-0.15, -0.1) is 0 Å². The van der Waals surface area contributed by atoms with Gasteiger partial charge in [-0.05, 0) is 76.2 Å². The molecule has 1 heterocycles. The maximum atomic E-state index is 11.2. The smallest absolute Gasteiger partial charge is 0.159 e. The third-order valence-corrected chi connectivity index (χ3v) is 3.73. The van der Waals surface area contributed by atoms with Gasteiger partial charge in [0.15, 0.2) is 11.6 Å². The van der Waals surface area contributed by atoms with Crippen molar-refractivity contribution in [1.82, 2.24) is 0 Å². The van der Waals surface area contributed by atoms with E-state index in [1.807, 2.05) is 38.1 Å². The minimum atomic E-state index is -0.259. The number of phenolic OH excluding ortho intramolecular Hbond substituents is 1. The van der Waals surface area contributed by atoms with Gasteiger partial charge in [0.25, 0.3) is 0 Å². The van der Waals surface area contributed by atoms with Crippen molar-refractivity contribution < 1.29 is 19.4 Å². The summed E-state index contributed by atoms with van der Waals surface area (Å²) < 4.78 is 5.76. The zero-order chi connectivity index (χ0) is 18.6. The van der Waals surface area contributed by atoms with Crippen molar-refractivity contribution in [3.8, 4) is 11.5 Å². The highest BCUT2D eigenvalue weighted by Gasteiger charge is 2.21. The van der Waals surface area contributed by atoms with Crippen LogP contribution in [0.2, 0.25) is 0 Å². The first-order chi connectivity index (χ1) is 11.7. The molecule has 0 spiro atoms. The van der Waals surface area contributed by atoms with Crippen LogP contribution in [0.4, 0.5) is 0 Å². The molecule has 1 N–H and O–H groups in total.